The first kappa shape index (κ1) is 15.8. The van der Waals surface area contributed by atoms with E-state index in [9.17, 15) is 9.59 Å². The van der Waals surface area contributed by atoms with Crippen molar-refractivity contribution in [3.05, 3.63) is 23.5 Å². The summed E-state index contributed by atoms with van der Waals surface area (Å²) in [6, 6.07) is 1.44. The number of Topliss-reactive ketones (excluding diaryl/α,β-unsaturated/α-hetero) is 2. The van der Waals surface area contributed by atoms with Crippen LogP contribution in [0.1, 0.15) is 40.6 Å². The maximum absolute atomic E-state index is 12.5. The molecule has 1 aliphatic heterocycles. The van der Waals surface area contributed by atoms with Crippen LogP contribution in [0.15, 0.2) is 12.3 Å². The Kier molecular flexibility index (Phi) is 4.22. The van der Waals surface area contributed by atoms with Gasteiger partial charge in [0.1, 0.15) is 5.60 Å². The normalized spacial score (nSPS) is 23.1. The van der Waals surface area contributed by atoms with Crippen molar-refractivity contribution >= 4 is 46.4 Å². The van der Waals surface area contributed by atoms with Gasteiger partial charge in [0.15, 0.2) is 5.78 Å². The van der Waals surface area contributed by atoms with Gasteiger partial charge in [-0.05, 0) is 25.8 Å². The van der Waals surface area contributed by atoms with Crippen molar-refractivity contribution in [3.63, 3.8) is 0 Å². The molecule has 1 unspecified atom stereocenters. The zero-order valence-electron chi connectivity index (χ0n) is 11.1. The zero-order valence-corrected chi connectivity index (χ0v) is 13.3. The average molecular weight is 339 g/mol. The smallest absolute Gasteiger partial charge is 0.255 e. The fourth-order valence-electron chi connectivity index (χ4n) is 2.32. The third kappa shape index (κ3) is 2.89. The Morgan fingerprint density at radius 3 is 2.55 bits per heavy atom. The van der Waals surface area contributed by atoms with Crippen molar-refractivity contribution in [1.29, 1.82) is 0 Å². The molecule has 1 fully saturated rings. The summed E-state index contributed by atoms with van der Waals surface area (Å²) in [4.78, 5) is 24.4. The Bertz CT molecular complexity index is 554. The number of ketones is 2. The average Bonchev–Trinajstić information content (AvgIpc) is 2.93. The highest BCUT2D eigenvalue weighted by atomic mass is 35.6. The highest BCUT2D eigenvalue weighted by Gasteiger charge is 2.40. The van der Waals surface area contributed by atoms with E-state index in [0.717, 1.165) is 6.42 Å². The maximum Gasteiger partial charge on any atom is 0.255 e. The summed E-state index contributed by atoms with van der Waals surface area (Å²) >= 11 is 16.8. The number of halogens is 3. The predicted octanol–water partition coefficient (Wildman–Crippen LogP) is 3.33. The van der Waals surface area contributed by atoms with E-state index < -0.39 is 15.2 Å². The van der Waals surface area contributed by atoms with Crippen molar-refractivity contribution in [1.82, 2.24) is 4.57 Å². The van der Waals surface area contributed by atoms with E-state index in [4.69, 9.17) is 39.5 Å². The monoisotopic (exact) mass is 337 g/mol. The molecule has 4 nitrogen and oxygen atoms in total. The number of ether oxygens (including phenoxy) is 1. The molecule has 1 atom stereocenters. The van der Waals surface area contributed by atoms with E-state index in [1.54, 1.807) is 20.2 Å². The minimum absolute atomic E-state index is 0.158. The summed E-state index contributed by atoms with van der Waals surface area (Å²) in [5, 5.41) is 0. The van der Waals surface area contributed by atoms with Gasteiger partial charge in [-0.2, -0.15) is 0 Å². The van der Waals surface area contributed by atoms with Crippen LogP contribution < -0.4 is 0 Å². The first-order valence-electron chi connectivity index (χ1n) is 6.12. The molecule has 0 N–H and O–H groups in total. The van der Waals surface area contributed by atoms with E-state index in [-0.39, 0.29) is 11.5 Å². The Hall–Kier alpha value is -0.550. The standard InChI is InChI=1S/C13H14Cl3NO3/c1-12(4-3-5-20-12)10(18)8-6-9(17(2)7-8)11(19)13(14,15)16/h6-7H,3-5H2,1-2H3. The molecule has 0 bridgehead atoms. The number of hydrogen-bond donors (Lipinski definition) is 0. The van der Waals surface area contributed by atoms with Crippen LogP contribution in [0.5, 0.6) is 0 Å². The van der Waals surface area contributed by atoms with Gasteiger partial charge >= 0.3 is 0 Å². The zero-order chi connectivity index (χ0) is 15.1. The van der Waals surface area contributed by atoms with Crippen LogP contribution in [0, 0.1) is 0 Å². The van der Waals surface area contributed by atoms with Gasteiger partial charge in [-0.15, -0.1) is 0 Å². The van der Waals surface area contributed by atoms with Crippen LogP contribution in [0.4, 0.5) is 0 Å². The number of alkyl halides is 3. The quantitative estimate of drug-likeness (QED) is 0.627. The van der Waals surface area contributed by atoms with Crippen LogP contribution in [0.3, 0.4) is 0 Å². The molecule has 1 aromatic rings. The van der Waals surface area contributed by atoms with Gasteiger partial charge in [0.2, 0.25) is 5.78 Å². The molecule has 0 amide bonds. The van der Waals surface area contributed by atoms with Gasteiger partial charge in [-0.1, -0.05) is 34.8 Å². The van der Waals surface area contributed by atoms with Crippen LogP contribution >= 0.6 is 34.8 Å². The molecule has 2 heterocycles. The van der Waals surface area contributed by atoms with Crippen molar-refractivity contribution < 1.29 is 14.3 Å². The number of nitrogens with zero attached hydrogens (tertiary/aromatic N) is 1. The molecule has 0 aromatic carbocycles. The first-order valence-corrected chi connectivity index (χ1v) is 7.25. The van der Waals surface area contributed by atoms with Gasteiger partial charge in [0.25, 0.3) is 3.79 Å². The van der Waals surface area contributed by atoms with Crippen LogP contribution in [0.2, 0.25) is 0 Å². The second-order valence-electron chi connectivity index (χ2n) is 5.06. The number of carbonyl (C=O) groups excluding carboxylic acids is 2. The minimum Gasteiger partial charge on any atom is -0.367 e. The molecule has 110 valence electrons. The Morgan fingerprint density at radius 1 is 1.40 bits per heavy atom. The number of rotatable bonds is 3. The fraction of sp³-hybridized carbons (Fsp3) is 0.538. The van der Waals surface area contributed by atoms with Crippen molar-refractivity contribution in [2.24, 2.45) is 7.05 Å². The van der Waals surface area contributed by atoms with E-state index >= 15 is 0 Å². The van der Waals surface area contributed by atoms with E-state index in [2.05, 4.69) is 0 Å². The van der Waals surface area contributed by atoms with Gasteiger partial charge in [0, 0.05) is 25.4 Å². The van der Waals surface area contributed by atoms with Crippen molar-refractivity contribution in [2.75, 3.05) is 6.61 Å². The SMILES string of the molecule is Cn1cc(C(=O)C2(C)CCCO2)cc1C(=O)C(Cl)(Cl)Cl. The Morgan fingerprint density at radius 2 is 2.05 bits per heavy atom. The number of aromatic nitrogens is 1. The summed E-state index contributed by atoms with van der Waals surface area (Å²) in [5.74, 6) is -0.824. The molecule has 0 aliphatic carbocycles. The molecule has 20 heavy (non-hydrogen) atoms. The fourth-order valence-corrected chi connectivity index (χ4v) is 2.61. The summed E-state index contributed by atoms with van der Waals surface area (Å²) < 4.78 is 4.95. The van der Waals surface area contributed by atoms with E-state index in [1.165, 1.54) is 10.6 Å². The van der Waals surface area contributed by atoms with Crippen molar-refractivity contribution in [2.45, 2.75) is 29.2 Å². The lowest BCUT2D eigenvalue weighted by atomic mass is 9.93. The number of hydrogen-bond acceptors (Lipinski definition) is 3. The van der Waals surface area contributed by atoms with Gasteiger partial charge in [-0.3, -0.25) is 9.59 Å². The lowest BCUT2D eigenvalue weighted by Gasteiger charge is -2.20. The molecular formula is C13H14Cl3NO3. The van der Waals surface area contributed by atoms with Crippen LogP contribution in [0.25, 0.3) is 0 Å². The maximum atomic E-state index is 12.5. The molecule has 1 aliphatic rings. The third-order valence-corrected chi connectivity index (χ3v) is 3.97. The summed E-state index contributed by atoms with van der Waals surface area (Å²) in [5.41, 5.74) is -0.272. The second kappa shape index (κ2) is 5.34. The first-order chi connectivity index (χ1) is 9.15. The summed E-state index contributed by atoms with van der Waals surface area (Å²) in [6.07, 6.45) is 3.06. The summed E-state index contributed by atoms with van der Waals surface area (Å²) in [7, 11) is 1.62. The van der Waals surface area contributed by atoms with Crippen LogP contribution in [-0.2, 0) is 11.8 Å². The van der Waals surface area contributed by atoms with Gasteiger partial charge in [-0.25, -0.2) is 0 Å². The van der Waals surface area contributed by atoms with E-state index in [0.29, 0.717) is 18.6 Å². The molecule has 0 spiro atoms. The topological polar surface area (TPSA) is 48.3 Å². The highest BCUT2D eigenvalue weighted by molar-refractivity contribution is 6.77. The van der Waals surface area contributed by atoms with E-state index in [1.807, 2.05) is 0 Å². The summed E-state index contributed by atoms with van der Waals surface area (Å²) in [6.45, 7) is 2.32. The van der Waals surface area contributed by atoms with Crippen LogP contribution in [-0.4, -0.2) is 32.1 Å². The largest absolute Gasteiger partial charge is 0.367 e. The lowest BCUT2D eigenvalue weighted by molar-refractivity contribution is 0.0213. The van der Waals surface area contributed by atoms with Crippen molar-refractivity contribution in [3.8, 4) is 0 Å². The molecule has 1 saturated heterocycles. The molecule has 0 radical (unpaired) electrons. The Labute approximate surface area is 131 Å². The highest BCUT2D eigenvalue weighted by Crippen LogP contribution is 2.33. The minimum atomic E-state index is -2.04. The molecular weight excluding hydrogens is 325 g/mol. The number of carbonyl (C=O) groups is 2. The van der Waals surface area contributed by atoms with Gasteiger partial charge < -0.3 is 9.30 Å². The molecule has 0 saturated carbocycles. The molecule has 1 aromatic heterocycles. The number of aryl methyl sites for hydroxylation is 1. The third-order valence-electron chi connectivity index (χ3n) is 3.46. The predicted molar refractivity (Wildman–Crippen MR) is 78.0 cm³/mol. The lowest BCUT2D eigenvalue weighted by Crippen LogP contribution is -2.34. The van der Waals surface area contributed by atoms with Gasteiger partial charge in [0.05, 0.1) is 5.69 Å². The molecule has 7 heteroatoms. The Balaban J connectivity index is 2.32. The second-order valence-corrected chi connectivity index (χ2v) is 7.35. The molecule has 2 rings (SSSR count).